The van der Waals surface area contributed by atoms with Gasteiger partial charge < -0.3 is 10.8 Å². The zero-order chi connectivity index (χ0) is 14.5. The van der Waals surface area contributed by atoms with Gasteiger partial charge >= 0.3 is 5.97 Å². The summed E-state index contributed by atoms with van der Waals surface area (Å²) in [7, 11) is 0. The maximum absolute atomic E-state index is 10.9. The maximum Gasteiger partial charge on any atom is 0.320 e. The molecule has 0 saturated heterocycles. The van der Waals surface area contributed by atoms with Gasteiger partial charge in [0, 0.05) is 17.5 Å². The molecule has 3 N–H and O–H groups in total. The van der Waals surface area contributed by atoms with E-state index < -0.39 is 12.0 Å². The van der Waals surface area contributed by atoms with Crippen molar-refractivity contribution in [1.82, 2.24) is 4.98 Å². The first-order valence-electron chi connectivity index (χ1n) is 6.23. The summed E-state index contributed by atoms with van der Waals surface area (Å²) >= 11 is 1.52. The quantitative estimate of drug-likeness (QED) is 0.884. The summed E-state index contributed by atoms with van der Waals surface area (Å²) in [6.45, 7) is 2.03. The molecule has 0 fully saturated rings. The Hall–Kier alpha value is -1.85. The summed E-state index contributed by atoms with van der Waals surface area (Å²) in [6.07, 6.45) is 1.98. The smallest absolute Gasteiger partial charge is 0.320 e. The molecule has 0 spiro atoms. The van der Waals surface area contributed by atoms with Gasteiger partial charge in [-0.15, -0.1) is 0 Å². The molecule has 2 aromatic rings. The maximum atomic E-state index is 10.9. The lowest BCUT2D eigenvalue weighted by Crippen LogP contribution is -2.32. The highest BCUT2D eigenvalue weighted by Crippen LogP contribution is 2.29. The average Bonchev–Trinajstić information content (AvgIpc) is 2.43. The number of aryl methyl sites for hydroxylation is 1. The third kappa shape index (κ3) is 3.82. The molecule has 20 heavy (non-hydrogen) atoms. The Balaban J connectivity index is 2.19. The molecule has 1 unspecified atom stereocenters. The summed E-state index contributed by atoms with van der Waals surface area (Å²) in [5.74, 6) is -1.000. The van der Waals surface area contributed by atoms with Crippen LogP contribution >= 0.6 is 11.8 Å². The Morgan fingerprint density at radius 3 is 2.70 bits per heavy atom. The summed E-state index contributed by atoms with van der Waals surface area (Å²) in [4.78, 5) is 16.3. The first kappa shape index (κ1) is 14.6. The SMILES string of the molecule is Cc1ccc(Sc2ncccc2CC(N)C(=O)O)cc1. The van der Waals surface area contributed by atoms with Crippen LogP contribution in [0.25, 0.3) is 0 Å². The molecule has 0 aliphatic rings. The number of nitrogens with zero attached hydrogens (tertiary/aromatic N) is 1. The average molecular weight is 288 g/mol. The molecule has 104 valence electrons. The zero-order valence-corrected chi connectivity index (χ0v) is 11.9. The van der Waals surface area contributed by atoms with Crippen molar-refractivity contribution in [2.24, 2.45) is 5.73 Å². The molecular weight excluding hydrogens is 272 g/mol. The van der Waals surface area contributed by atoms with Crippen LogP contribution in [-0.2, 0) is 11.2 Å². The van der Waals surface area contributed by atoms with E-state index in [1.165, 1.54) is 17.3 Å². The van der Waals surface area contributed by atoms with Crippen LogP contribution in [0.2, 0.25) is 0 Å². The van der Waals surface area contributed by atoms with E-state index in [-0.39, 0.29) is 6.42 Å². The molecule has 4 nitrogen and oxygen atoms in total. The minimum absolute atomic E-state index is 0.275. The monoisotopic (exact) mass is 288 g/mol. The lowest BCUT2D eigenvalue weighted by molar-refractivity contribution is -0.138. The first-order chi connectivity index (χ1) is 9.56. The zero-order valence-electron chi connectivity index (χ0n) is 11.1. The number of carboxylic acids is 1. The van der Waals surface area contributed by atoms with E-state index in [2.05, 4.69) is 4.98 Å². The topological polar surface area (TPSA) is 76.2 Å². The van der Waals surface area contributed by atoms with Gasteiger partial charge in [0.25, 0.3) is 0 Å². The molecule has 0 saturated carbocycles. The van der Waals surface area contributed by atoms with Crippen molar-refractivity contribution < 1.29 is 9.90 Å². The molecule has 0 bridgehead atoms. The second kappa shape index (κ2) is 6.54. The number of benzene rings is 1. The number of carboxylic acid groups (broad SMARTS) is 1. The van der Waals surface area contributed by atoms with E-state index >= 15 is 0 Å². The Morgan fingerprint density at radius 1 is 1.35 bits per heavy atom. The summed E-state index contributed by atoms with van der Waals surface area (Å²) < 4.78 is 0. The van der Waals surface area contributed by atoms with Gasteiger partial charge in [0.05, 0.1) is 0 Å². The number of hydrogen-bond acceptors (Lipinski definition) is 4. The fraction of sp³-hybridized carbons (Fsp3) is 0.200. The van der Waals surface area contributed by atoms with Gasteiger partial charge in [-0.1, -0.05) is 35.5 Å². The number of nitrogens with two attached hydrogens (primary N) is 1. The van der Waals surface area contributed by atoms with E-state index in [1.54, 1.807) is 12.3 Å². The molecule has 0 amide bonds. The van der Waals surface area contributed by atoms with Crippen molar-refractivity contribution in [3.05, 3.63) is 53.7 Å². The number of aliphatic carboxylic acids is 1. The standard InChI is InChI=1S/C15H16N2O2S/c1-10-4-6-12(7-5-10)20-14-11(3-2-8-17-14)9-13(16)15(18)19/h2-8,13H,9,16H2,1H3,(H,18,19). The normalized spacial score (nSPS) is 12.1. The molecule has 0 aliphatic carbocycles. The van der Waals surface area contributed by atoms with Crippen molar-refractivity contribution in [1.29, 1.82) is 0 Å². The number of carbonyl (C=O) groups is 1. The van der Waals surface area contributed by atoms with E-state index in [9.17, 15) is 4.79 Å². The first-order valence-corrected chi connectivity index (χ1v) is 7.04. The lowest BCUT2D eigenvalue weighted by atomic mass is 10.1. The largest absolute Gasteiger partial charge is 0.480 e. The number of pyridine rings is 1. The van der Waals surface area contributed by atoms with Crippen LogP contribution in [0.4, 0.5) is 0 Å². The van der Waals surface area contributed by atoms with Crippen molar-refractivity contribution in [3.63, 3.8) is 0 Å². The van der Waals surface area contributed by atoms with Gasteiger partial charge in [-0.2, -0.15) is 0 Å². The highest BCUT2D eigenvalue weighted by Gasteiger charge is 2.15. The van der Waals surface area contributed by atoms with E-state index in [0.717, 1.165) is 15.5 Å². The molecule has 1 aromatic heterocycles. The van der Waals surface area contributed by atoms with Crippen molar-refractivity contribution >= 4 is 17.7 Å². The highest BCUT2D eigenvalue weighted by atomic mass is 32.2. The molecular formula is C15H16N2O2S. The Labute approximate surface area is 122 Å². The van der Waals surface area contributed by atoms with Gasteiger partial charge in [0.15, 0.2) is 0 Å². The summed E-state index contributed by atoms with van der Waals surface area (Å²) in [6, 6.07) is 10.9. The van der Waals surface area contributed by atoms with Crippen LogP contribution in [0, 0.1) is 6.92 Å². The molecule has 5 heteroatoms. The predicted molar refractivity (Wildman–Crippen MR) is 78.9 cm³/mol. The molecule has 1 atom stereocenters. The minimum Gasteiger partial charge on any atom is -0.480 e. The Bertz CT molecular complexity index is 599. The molecule has 0 aliphatic heterocycles. The van der Waals surface area contributed by atoms with E-state index in [4.69, 9.17) is 10.8 Å². The second-order valence-corrected chi connectivity index (χ2v) is 5.59. The van der Waals surface area contributed by atoms with Crippen LogP contribution in [0.3, 0.4) is 0 Å². The molecule has 0 radical (unpaired) electrons. The van der Waals surface area contributed by atoms with Crippen LogP contribution in [0.15, 0.2) is 52.5 Å². The van der Waals surface area contributed by atoms with Crippen LogP contribution in [0.5, 0.6) is 0 Å². The van der Waals surface area contributed by atoms with Crippen molar-refractivity contribution in [2.45, 2.75) is 29.3 Å². The second-order valence-electron chi connectivity index (χ2n) is 4.53. The highest BCUT2D eigenvalue weighted by molar-refractivity contribution is 7.99. The van der Waals surface area contributed by atoms with Crippen LogP contribution < -0.4 is 5.73 Å². The minimum atomic E-state index is -1.000. The van der Waals surface area contributed by atoms with Gasteiger partial charge in [0.2, 0.25) is 0 Å². The molecule has 2 rings (SSSR count). The van der Waals surface area contributed by atoms with E-state index in [1.807, 2.05) is 37.3 Å². The van der Waals surface area contributed by atoms with Gasteiger partial charge in [-0.25, -0.2) is 4.98 Å². The lowest BCUT2D eigenvalue weighted by Gasteiger charge is -2.10. The molecule has 1 aromatic carbocycles. The fourth-order valence-corrected chi connectivity index (χ4v) is 2.61. The van der Waals surface area contributed by atoms with Gasteiger partial charge in [0.1, 0.15) is 11.1 Å². The predicted octanol–water partition coefficient (Wildman–Crippen LogP) is 2.50. The fourth-order valence-electron chi connectivity index (χ4n) is 1.71. The van der Waals surface area contributed by atoms with Gasteiger partial charge in [-0.05, 0) is 30.7 Å². The third-order valence-electron chi connectivity index (χ3n) is 2.84. The van der Waals surface area contributed by atoms with Crippen LogP contribution in [-0.4, -0.2) is 22.1 Å². The Morgan fingerprint density at radius 2 is 2.05 bits per heavy atom. The molecule has 1 heterocycles. The van der Waals surface area contributed by atoms with Gasteiger partial charge in [-0.3, -0.25) is 4.79 Å². The van der Waals surface area contributed by atoms with Crippen LogP contribution in [0.1, 0.15) is 11.1 Å². The summed E-state index contributed by atoms with van der Waals surface area (Å²) in [5.41, 5.74) is 7.65. The van der Waals surface area contributed by atoms with E-state index in [0.29, 0.717) is 0 Å². The number of aromatic nitrogens is 1. The third-order valence-corrected chi connectivity index (χ3v) is 3.91. The number of hydrogen-bond donors (Lipinski definition) is 2. The Kier molecular flexibility index (Phi) is 4.76. The van der Waals surface area contributed by atoms with Crippen molar-refractivity contribution in [3.8, 4) is 0 Å². The number of rotatable bonds is 5. The summed E-state index contributed by atoms with van der Waals surface area (Å²) in [5, 5.41) is 9.70. The van der Waals surface area contributed by atoms with Crippen molar-refractivity contribution in [2.75, 3.05) is 0 Å².